The zero-order valence-electron chi connectivity index (χ0n) is 19.7. The van der Waals surface area contributed by atoms with Gasteiger partial charge in [0, 0.05) is 23.6 Å². The van der Waals surface area contributed by atoms with E-state index < -0.39 is 0 Å². The van der Waals surface area contributed by atoms with Crippen molar-refractivity contribution < 1.29 is 9.47 Å². The molecule has 4 heteroatoms. The third-order valence-electron chi connectivity index (χ3n) is 2.58. The Labute approximate surface area is 179 Å². The zero-order valence-corrected chi connectivity index (χ0v) is 19.7. The summed E-state index contributed by atoms with van der Waals surface area (Å²) in [5.41, 5.74) is 1.40. The first-order chi connectivity index (χ1) is 14.2. The molecule has 0 fully saturated rings. The SMILES string of the molecule is CC.CC.CCC.CCC.N=Cc1ccccc1OCOc1ccccc1C=N. The van der Waals surface area contributed by atoms with E-state index in [1.807, 2.05) is 52.0 Å². The Morgan fingerprint density at radius 1 is 0.621 bits per heavy atom. The average Bonchev–Trinajstić information content (AvgIpc) is 2.78. The molecule has 0 aliphatic carbocycles. The molecular formula is C25H42N2O2. The third-order valence-corrected chi connectivity index (χ3v) is 2.58. The molecule has 0 radical (unpaired) electrons. The summed E-state index contributed by atoms with van der Waals surface area (Å²) in [6.07, 6.45) is 4.97. The van der Waals surface area contributed by atoms with Gasteiger partial charge in [0.05, 0.1) is 0 Å². The minimum Gasteiger partial charge on any atom is -0.457 e. The van der Waals surface area contributed by atoms with Crippen molar-refractivity contribution in [3.05, 3.63) is 59.7 Å². The number of rotatable bonds is 6. The lowest BCUT2D eigenvalue weighted by atomic mass is 10.2. The first-order valence-electron chi connectivity index (χ1n) is 10.6. The lowest BCUT2D eigenvalue weighted by Gasteiger charge is -2.11. The van der Waals surface area contributed by atoms with Crippen LogP contribution in [0.1, 0.15) is 79.4 Å². The van der Waals surface area contributed by atoms with E-state index in [9.17, 15) is 0 Å². The molecule has 29 heavy (non-hydrogen) atoms. The number of ether oxygens (including phenoxy) is 2. The molecule has 2 rings (SSSR count). The highest BCUT2D eigenvalue weighted by molar-refractivity contribution is 5.81. The fourth-order valence-corrected chi connectivity index (χ4v) is 1.62. The van der Waals surface area contributed by atoms with E-state index in [0.29, 0.717) is 22.6 Å². The van der Waals surface area contributed by atoms with Crippen LogP contribution in [0, 0.1) is 10.8 Å². The van der Waals surface area contributed by atoms with Crippen molar-refractivity contribution >= 4 is 12.4 Å². The monoisotopic (exact) mass is 402 g/mol. The smallest absolute Gasteiger partial charge is 0.230 e. The van der Waals surface area contributed by atoms with Crippen LogP contribution < -0.4 is 9.47 Å². The maximum Gasteiger partial charge on any atom is 0.230 e. The molecule has 0 spiro atoms. The molecule has 164 valence electrons. The number of para-hydroxylation sites is 2. The second-order valence-electron chi connectivity index (χ2n) is 5.19. The van der Waals surface area contributed by atoms with E-state index in [2.05, 4.69) is 27.7 Å². The van der Waals surface area contributed by atoms with Crippen molar-refractivity contribution in [2.24, 2.45) is 0 Å². The fraction of sp³-hybridized carbons (Fsp3) is 0.440. The Balaban J connectivity index is -0.000000579. The minimum atomic E-state index is 0.0374. The first kappa shape index (κ1) is 31.1. The Hall–Kier alpha value is -2.62. The van der Waals surface area contributed by atoms with E-state index in [1.165, 1.54) is 25.3 Å². The van der Waals surface area contributed by atoms with Crippen LogP contribution in [-0.2, 0) is 0 Å². The highest BCUT2D eigenvalue weighted by Gasteiger charge is 2.02. The largest absolute Gasteiger partial charge is 0.457 e. The molecule has 2 aromatic rings. The second kappa shape index (κ2) is 25.4. The van der Waals surface area contributed by atoms with Gasteiger partial charge in [-0.3, -0.25) is 0 Å². The Kier molecular flexibility index (Phi) is 27.2. The van der Waals surface area contributed by atoms with Gasteiger partial charge in [-0.05, 0) is 24.3 Å². The van der Waals surface area contributed by atoms with Gasteiger partial charge < -0.3 is 20.3 Å². The molecule has 2 aromatic carbocycles. The summed E-state index contributed by atoms with van der Waals surface area (Å²) in [5, 5.41) is 14.5. The van der Waals surface area contributed by atoms with Crippen molar-refractivity contribution in [1.29, 1.82) is 10.8 Å². The van der Waals surface area contributed by atoms with Crippen LogP contribution in [0.3, 0.4) is 0 Å². The molecule has 0 heterocycles. The van der Waals surface area contributed by atoms with Gasteiger partial charge in [-0.1, -0.05) is 92.5 Å². The van der Waals surface area contributed by atoms with Crippen molar-refractivity contribution in [1.82, 2.24) is 0 Å². The van der Waals surface area contributed by atoms with Crippen LogP contribution in [0.2, 0.25) is 0 Å². The molecule has 0 amide bonds. The van der Waals surface area contributed by atoms with Crippen molar-refractivity contribution in [2.45, 2.75) is 68.2 Å². The van der Waals surface area contributed by atoms with Crippen LogP contribution in [0.15, 0.2) is 48.5 Å². The van der Waals surface area contributed by atoms with Gasteiger partial charge in [-0.15, -0.1) is 0 Å². The van der Waals surface area contributed by atoms with Gasteiger partial charge in [0.1, 0.15) is 11.5 Å². The molecule has 0 aliphatic heterocycles. The standard InChI is InChI=1S/C15H14N2O2.2C3H8.2C2H6/c16-9-12-5-1-3-7-14(12)18-11-19-15-8-4-2-6-13(15)10-17;2*1-3-2;2*1-2/h1-10,16-17H,11H2;2*3H2,1-2H3;2*1-2H3. The first-order valence-corrected chi connectivity index (χ1v) is 10.6. The van der Waals surface area contributed by atoms with E-state index in [0.717, 1.165) is 0 Å². The molecule has 0 atom stereocenters. The maximum absolute atomic E-state index is 7.27. The minimum absolute atomic E-state index is 0.0374. The van der Waals surface area contributed by atoms with E-state index in [4.69, 9.17) is 20.3 Å². The lowest BCUT2D eigenvalue weighted by Crippen LogP contribution is -2.08. The quantitative estimate of drug-likeness (QED) is 0.380. The van der Waals surface area contributed by atoms with Gasteiger partial charge in [-0.25, -0.2) is 0 Å². The summed E-state index contributed by atoms with van der Waals surface area (Å²) in [7, 11) is 0. The third kappa shape index (κ3) is 16.1. The van der Waals surface area contributed by atoms with Crippen LogP contribution in [-0.4, -0.2) is 19.2 Å². The number of hydrogen-bond donors (Lipinski definition) is 2. The molecule has 2 N–H and O–H groups in total. The van der Waals surface area contributed by atoms with Crippen LogP contribution in [0.5, 0.6) is 11.5 Å². The lowest BCUT2D eigenvalue weighted by molar-refractivity contribution is 0.119. The molecule has 4 nitrogen and oxygen atoms in total. The van der Waals surface area contributed by atoms with E-state index in [-0.39, 0.29) is 6.79 Å². The topological polar surface area (TPSA) is 66.2 Å². The second-order valence-corrected chi connectivity index (χ2v) is 5.19. The predicted molar refractivity (Wildman–Crippen MR) is 129 cm³/mol. The highest BCUT2D eigenvalue weighted by atomic mass is 16.7. The normalized spacial score (nSPS) is 8.00. The number of hydrogen-bond acceptors (Lipinski definition) is 4. The van der Waals surface area contributed by atoms with Gasteiger partial charge in [-0.2, -0.15) is 0 Å². The van der Waals surface area contributed by atoms with Crippen molar-refractivity contribution in [2.75, 3.05) is 6.79 Å². The molecule has 0 aliphatic rings. The highest BCUT2D eigenvalue weighted by Crippen LogP contribution is 2.18. The predicted octanol–water partition coefficient (Wildman–Crippen LogP) is 7.98. The summed E-state index contributed by atoms with van der Waals surface area (Å²) >= 11 is 0. The maximum atomic E-state index is 7.27. The average molecular weight is 403 g/mol. The van der Waals surface area contributed by atoms with Gasteiger partial charge in [0.15, 0.2) is 0 Å². The fourth-order valence-electron chi connectivity index (χ4n) is 1.62. The molecular weight excluding hydrogens is 360 g/mol. The zero-order chi connectivity index (χ0) is 22.9. The number of benzene rings is 2. The summed E-state index contributed by atoms with van der Waals surface area (Å²) in [6.45, 7) is 16.5. The molecule has 0 saturated heterocycles. The van der Waals surface area contributed by atoms with Crippen LogP contribution >= 0.6 is 0 Å². The Morgan fingerprint density at radius 2 is 0.897 bits per heavy atom. The van der Waals surface area contributed by atoms with Crippen LogP contribution in [0.25, 0.3) is 0 Å². The Morgan fingerprint density at radius 3 is 1.17 bits per heavy atom. The summed E-state index contributed by atoms with van der Waals surface area (Å²) in [4.78, 5) is 0. The van der Waals surface area contributed by atoms with Crippen molar-refractivity contribution in [3.8, 4) is 11.5 Å². The number of nitrogens with one attached hydrogen (secondary N) is 2. The van der Waals surface area contributed by atoms with Gasteiger partial charge in [0.25, 0.3) is 0 Å². The molecule has 0 aromatic heterocycles. The summed E-state index contributed by atoms with van der Waals surface area (Å²) in [5.74, 6) is 1.20. The molecule has 0 unspecified atom stereocenters. The van der Waals surface area contributed by atoms with Gasteiger partial charge >= 0.3 is 0 Å². The Bertz CT molecular complexity index is 560. The summed E-state index contributed by atoms with van der Waals surface area (Å²) < 4.78 is 11.0. The summed E-state index contributed by atoms with van der Waals surface area (Å²) in [6, 6.07) is 14.5. The van der Waals surface area contributed by atoms with Crippen LogP contribution in [0.4, 0.5) is 0 Å². The van der Waals surface area contributed by atoms with Gasteiger partial charge in [0.2, 0.25) is 6.79 Å². The molecule has 0 saturated carbocycles. The van der Waals surface area contributed by atoms with Crippen molar-refractivity contribution in [3.63, 3.8) is 0 Å². The molecule has 0 bridgehead atoms. The van der Waals surface area contributed by atoms with E-state index in [1.54, 1.807) is 24.3 Å². The van der Waals surface area contributed by atoms with E-state index >= 15 is 0 Å².